The largest absolute Gasteiger partial charge is 0.306 e. The molecule has 144 valence electrons. The number of likely N-dealkylation sites (tertiary alicyclic amines) is 1. The molecule has 0 amide bonds. The van der Waals surface area contributed by atoms with E-state index in [4.69, 9.17) is 11.6 Å². The lowest BCUT2D eigenvalue weighted by Crippen LogP contribution is -2.36. The fourth-order valence-corrected chi connectivity index (χ4v) is 6.48. The van der Waals surface area contributed by atoms with Crippen molar-refractivity contribution >= 4 is 21.4 Å². The van der Waals surface area contributed by atoms with Crippen LogP contribution in [0.2, 0.25) is 5.02 Å². The molecule has 1 fully saturated rings. The van der Waals surface area contributed by atoms with Gasteiger partial charge in [0.25, 0.3) is 0 Å². The highest BCUT2D eigenvalue weighted by atomic mass is 35.5. The van der Waals surface area contributed by atoms with Crippen molar-refractivity contribution in [2.45, 2.75) is 23.3 Å². The molecule has 1 saturated heterocycles. The van der Waals surface area contributed by atoms with Crippen molar-refractivity contribution in [1.29, 1.82) is 0 Å². The maximum atomic E-state index is 13.8. The zero-order valence-corrected chi connectivity index (χ0v) is 17.0. The van der Waals surface area contributed by atoms with Gasteiger partial charge < -0.3 is 4.90 Å². The summed E-state index contributed by atoms with van der Waals surface area (Å²) < 4.78 is 27.6. The van der Waals surface area contributed by atoms with Gasteiger partial charge in [-0.25, -0.2) is 8.42 Å². The van der Waals surface area contributed by atoms with Crippen LogP contribution in [0.25, 0.3) is 0 Å². The van der Waals surface area contributed by atoms with E-state index >= 15 is 0 Å². The molecular weight excluding hydrogens is 380 g/mol. The highest BCUT2D eigenvalue weighted by molar-refractivity contribution is 7.92. The first-order chi connectivity index (χ1) is 12.9. The van der Waals surface area contributed by atoms with Crippen LogP contribution in [-0.4, -0.2) is 38.4 Å². The normalized spacial score (nSPS) is 18.7. The zero-order chi connectivity index (χ0) is 19.4. The second-order valence-corrected chi connectivity index (χ2v) is 9.77. The second kappa shape index (κ2) is 8.55. The van der Waals surface area contributed by atoms with Crippen molar-refractivity contribution in [1.82, 2.24) is 9.88 Å². The molecule has 1 aliphatic heterocycles. The standard InChI is InChI=1S/C21H25ClN2O2S/c1-3-20(16-4-6-19(22)7-5-16)27(25,26)21(17-8-12-23-13-9-17)18-10-14-24(2)15-11-18/h3-9,12-13,18,20-21H,1,10-11,14-15H2,2H3. The van der Waals surface area contributed by atoms with Crippen LogP contribution in [0.15, 0.2) is 61.4 Å². The Morgan fingerprint density at radius 2 is 1.70 bits per heavy atom. The molecule has 1 aromatic heterocycles. The predicted molar refractivity (Wildman–Crippen MR) is 111 cm³/mol. The monoisotopic (exact) mass is 404 g/mol. The number of hydrogen-bond acceptors (Lipinski definition) is 4. The van der Waals surface area contributed by atoms with Crippen LogP contribution in [0.1, 0.15) is 34.5 Å². The smallest absolute Gasteiger partial charge is 0.168 e. The summed E-state index contributed by atoms with van der Waals surface area (Å²) >= 11 is 5.98. The molecule has 1 aliphatic rings. The molecule has 0 bridgehead atoms. The summed E-state index contributed by atoms with van der Waals surface area (Å²) in [4.78, 5) is 6.31. The molecule has 1 aromatic carbocycles. The Morgan fingerprint density at radius 1 is 1.11 bits per heavy atom. The van der Waals surface area contributed by atoms with Crippen molar-refractivity contribution in [2.75, 3.05) is 20.1 Å². The first-order valence-corrected chi connectivity index (χ1v) is 11.1. The average molecular weight is 405 g/mol. The van der Waals surface area contributed by atoms with Crippen molar-refractivity contribution < 1.29 is 8.42 Å². The highest BCUT2D eigenvalue weighted by Crippen LogP contribution is 2.43. The first-order valence-electron chi connectivity index (χ1n) is 9.12. The molecule has 2 unspecified atom stereocenters. The van der Waals surface area contributed by atoms with Crippen molar-refractivity contribution in [2.24, 2.45) is 5.92 Å². The Labute approximate surface area is 166 Å². The summed E-state index contributed by atoms with van der Waals surface area (Å²) in [7, 11) is -1.48. The summed E-state index contributed by atoms with van der Waals surface area (Å²) in [5.74, 6) is 0.0725. The van der Waals surface area contributed by atoms with Crippen molar-refractivity contribution in [3.63, 3.8) is 0 Å². The maximum absolute atomic E-state index is 13.8. The number of nitrogens with zero attached hydrogens (tertiary/aromatic N) is 2. The lowest BCUT2D eigenvalue weighted by Gasteiger charge is -2.35. The molecule has 6 heteroatoms. The maximum Gasteiger partial charge on any atom is 0.168 e. The van der Waals surface area contributed by atoms with E-state index < -0.39 is 20.3 Å². The zero-order valence-electron chi connectivity index (χ0n) is 15.5. The van der Waals surface area contributed by atoms with Gasteiger partial charge in [0.1, 0.15) is 5.25 Å². The molecule has 3 rings (SSSR count). The molecule has 0 spiro atoms. The minimum atomic E-state index is -3.56. The predicted octanol–water partition coefficient (Wildman–Crippen LogP) is 4.46. The molecule has 2 atom stereocenters. The van der Waals surface area contributed by atoms with Crippen LogP contribution >= 0.6 is 11.6 Å². The molecule has 0 aliphatic carbocycles. The second-order valence-electron chi connectivity index (χ2n) is 7.14. The summed E-state index contributed by atoms with van der Waals surface area (Å²) in [6.45, 7) is 5.64. The topological polar surface area (TPSA) is 50.3 Å². The van der Waals surface area contributed by atoms with Crippen LogP contribution < -0.4 is 0 Å². The van der Waals surface area contributed by atoms with Crippen LogP contribution in [-0.2, 0) is 9.84 Å². The fourth-order valence-electron chi connectivity index (χ4n) is 3.88. The molecule has 0 radical (unpaired) electrons. The minimum Gasteiger partial charge on any atom is -0.306 e. The van der Waals surface area contributed by atoms with Gasteiger partial charge in [-0.05, 0) is 74.3 Å². The Bertz CT molecular complexity index is 861. The minimum absolute atomic E-state index is 0.0725. The van der Waals surface area contributed by atoms with Gasteiger partial charge >= 0.3 is 0 Å². The molecular formula is C21H25ClN2O2S. The van der Waals surface area contributed by atoms with Crippen molar-refractivity contribution in [3.05, 3.63) is 77.6 Å². The van der Waals surface area contributed by atoms with Crippen LogP contribution in [0.4, 0.5) is 0 Å². The quantitative estimate of drug-likeness (QED) is 0.667. The van der Waals surface area contributed by atoms with Crippen LogP contribution in [0, 0.1) is 5.92 Å². The first kappa shape index (κ1) is 20.1. The number of benzene rings is 1. The molecule has 2 heterocycles. The van der Waals surface area contributed by atoms with Gasteiger partial charge in [-0.15, -0.1) is 6.58 Å². The third kappa shape index (κ3) is 4.42. The summed E-state index contributed by atoms with van der Waals surface area (Å²) in [6, 6.07) is 10.6. The van der Waals surface area contributed by atoms with Gasteiger partial charge in [-0.2, -0.15) is 0 Å². The van der Waals surface area contributed by atoms with E-state index in [0.717, 1.165) is 31.5 Å². The molecule has 0 N–H and O–H groups in total. The number of sulfone groups is 1. The molecule has 2 aromatic rings. The number of aromatic nitrogens is 1. The Hall–Kier alpha value is -1.69. The van der Waals surface area contributed by atoms with Gasteiger partial charge in [0, 0.05) is 17.4 Å². The van der Waals surface area contributed by atoms with E-state index in [1.54, 1.807) is 36.7 Å². The third-order valence-electron chi connectivity index (χ3n) is 5.35. The van der Waals surface area contributed by atoms with Gasteiger partial charge in [-0.1, -0.05) is 29.8 Å². The molecule has 27 heavy (non-hydrogen) atoms. The summed E-state index contributed by atoms with van der Waals surface area (Å²) in [5.41, 5.74) is 1.50. The lowest BCUT2D eigenvalue weighted by atomic mass is 9.90. The van der Waals surface area contributed by atoms with E-state index in [2.05, 4.69) is 23.5 Å². The molecule has 0 saturated carbocycles. The Morgan fingerprint density at radius 3 is 2.26 bits per heavy atom. The number of hydrogen-bond donors (Lipinski definition) is 0. The Balaban J connectivity index is 2.03. The Kier molecular flexibility index (Phi) is 6.35. The fraction of sp³-hybridized carbons (Fsp3) is 0.381. The van der Waals surface area contributed by atoms with Crippen LogP contribution in [0.3, 0.4) is 0 Å². The lowest BCUT2D eigenvalue weighted by molar-refractivity contribution is 0.214. The summed E-state index contributed by atoms with van der Waals surface area (Å²) in [6.07, 6.45) is 6.57. The van der Waals surface area contributed by atoms with E-state index in [0.29, 0.717) is 10.6 Å². The van der Waals surface area contributed by atoms with E-state index in [9.17, 15) is 8.42 Å². The highest BCUT2D eigenvalue weighted by Gasteiger charge is 2.40. The number of halogens is 1. The van der Waals surface area contributed by atoms with Crippen molar-refractivity contribution in [3.8, 4) is 0 Å². The van der Waals surface area contributed by atoms with Gasteiger partial charge in [0.05, 0.1) is 5.25 Å². The summed E-state index contributed by atoms with van der Waals surface area (Å²) in [5, 5.41) is -0.763. The average Bonchev–Trinajstić information content (AvgIpc) is 2.66. The van der Waals surface area contributed by atoms with Gasteiger partial charge in [-0.3, -0.25) is 4.98 Å². The van der Waals surface area contributed by atoms with Crippen LogP contribution in [0.5, 0.6) is 0 Å². The third-order valence-corrected chi connectivity index (χ3v) is 8.14. The SMILES string of the molecule is C=CC(c1ccc(Cl)cc1)S(=O)(=O)C(c1ccncc1)C1CCN(C)CC1. The van der Waals surface area contributed by atoms with E-state index in [1.165, 1.54) is 6.08 Å². The van der Waals surface area contributed by atoms with Gasteiger partial charge in [0.15, 0.2) is 9.84 Å². The number of piperidine rings is 1. The van der Waals surface area contributed by atoms with E-state index in [1.807, 2.05) is 12.1 Å². The number of pyridine rings is 1. The molecule has 4 nitrogen and oxygen atoms in total. The van der Waals surface area contributed by atoms with Gasteiger partial charge in [0.2, 0.25) is 0 Å². The van der Waals surface area contributed by atoms with E-state index in [-0.39, 0.29) is 5.92 Å². The number of rotatable bonds is 6.